The zero-order chi connectivity index (χ0) is 35.5. The number of hydrogen-bond acceptors (Lipinski definition) is 3. The van der Waals surface area contributed by atoms with Crippen molar-refractivity contribution in [2.45, 2.75) is 25.2 Å². The summed E-state index contributed by atoms with van der Waals surface area (Å²) < 4.78 is 35.7. The minimum atomic E-state index is -3.27. The largest absolute Gasteiger partial charge is 0.321 e. The summed E-state index contributed by atoms with van der Waals surface area (Å²) in [6.07, 6.45) is 1.81. The van der Waals surface area contributed by atoms with Crippen LogP contribution in [0.4, 0.5) is 31.5 Å². The molecule has 0 saturated carbocycles. The van der Waals surface area contributed by atoms with Crippen molar-refractivity contribution < 1.29 is 8.78 Å². The van der Waals surface area contributed by atoms with Crippen LogP contribution in [0.3, 0.4) is 0 Å². The molecule has 254 valence electrons. The summed E-state index contributed by atoms with van der Waals surface area (Å²) in [5.41, 5.74) is 7.20. The van der Waals surface area contributed by atoms with Crippen molar-refractivity contribution in [2.24, 2.45) is 0 Å². The molecule has 1 aliphatic heterocycles. The summed E-state index contributed by atoms with van der Waals surface area (Å²) in [5.74, 6) is -2.58. The minimum Gasteiger partial charge on any atom is -0.321 e. The quantitative estimate of drug-likeness (QED) is 0.167. The van der Waals surface area contributed by atoms with Crippen molar-refractivity contribution in [1.29, 1.82) is 0 Å². The molecule has 0 fully saturated rings. The molecule has 4 nitrogen and oxygen atoms in total. The summed E-state index contributed by atoms with van der Waals surface area (Å²) in [6, 6.07) is 52.6. The molecule has 6 heteroatoms. The van der Waals surface area contributed by atoms with Gasteiger partial charge in [-0.25, -0.2) is 4.98 Å². The molecule has 0 unspecified atom stereocenters. The van der Waals surface area contributed by atoms with E-state index >= 15 is 8.78 Å². The lowest BCUT2D eigenvalue weighted by Crippen LogP contribution is -2.24. The lowest BCUT2D eigenvalue weighted by Gasteiger charge is -2.26. The highest BCUT2D eigenvalue weighted by Gasteiger charge is 2.36. The molecule has 52 heavy (non-hydrogen) atoms. The Balaban J connectivity index is 1.13. The van der Waals surface area contributed by atoms with E-state index < -0.39 is 5.92 Å². The number of alkyl halides is 2. The molecule has 3 heterocycles. The van der Waals surface area contributed by atoms with E-state index in [-0.39, 0.29) is 16.5 Å². The van der Waals surface area contributed by atoms with Crippen LogP contribution in [-0.2, 0) is 11.3 Å². The van der Waals surface area contributed by atoms with E-state index in [1.54, 1.807) is 24.3 Å². The fourth-order valence-electron chi connectivity index (χ4n) is 7.66. The average molecular weight is 683 g/mol. The number of fused-ring (bicyclic) bond motifs is 4. The van der Waals surface area contributed by atoms with Gasteiger partial charge in [0.2, 0.25) is 0 Å². The molecule has 0 saturated heterocycles. The molecular weight excluding hydrogens is 647 g/mol. The second-order valence-electron chi connectivity index (χ2n) is 13.9. The van der Waals surface area contributed by atoms with E-state index in [1.807, 2.05) is 108 Å². The maximum absolute atomic E-state index is 16.9. The number of halogens is 2. The summed E-state index contributed by atoms with van der Waals surface area (Å²) in [7, 11) is 0. The Hall–Kier alpha value is -6.27. The Morgan fingerprint density at radius 2 is 1.10 bits per heavy atom. The van der Waals surface area contributed by atoms with Crippen LogP contribution in [0.25, 0.3) is 27.6 Å². The van der Waals surface area contributed by atoms with Crippen molar-refractivity contribution in [3.05, 3.63) is 192 Å². The van der Waals surface area contributed by atoms with Crippen LogP contribution in [0, 0.1) is 0 Å². The Morgan fingerprint density at radius 1 is 0.500 bits per heavy atom. The van der Waals surface area contributed by atoms with Gasteiger partial charge in [-0.3, -0.25) is 4.57 Å². The maximum atomic E-state index is 16.9. The highest BCUT2D eigenvalue weighted by molar-refractivity contribution is 6.09. The number of benzene rings is 6. The lowest BCUT2D eigenvalue weighted by molar-refractivity contribution is 0.0430. The van der Waals surface area contributed by atoms with Crippen LogP contribution in [0.5, 0.6) is 0 Å². The van der Waals surface area contributed by atoms with Crippen LogP contribution >= 0.6 is 0 Å². The molecule has 9 rings (SSSR count). The smallest absolute Gasteiger partial charge is 0.298 e. The van der Waals surface area contributed by atoms with Crippen LogP contribution < -0.4 is 9.80 Å². The third-order valence-electron chi connectivity index (χ3n) is 10.6. The van der Waals surface area contributed by atoms with E-state index in [9.17, 15) is 0 Å². The van der Waals surface area contributed by atoms with Crippen LogP contribution in [-0.4, -0.2) is 16.2 Å². The number of nitrogens with zero attached hydrogens (tertiary/aromatic N) is 4. The average Bonchev–Trinajstić information content (AvgIpc) is 3.75. The maximum Gasteiger partial charge on any atom is 0.298 e. The molecule has 0 N–H and O–H groups in total. The second kappa shape index (κ2) is 12.2. The van der Waals surface area contributed by atoms with E-state index in [4.69, 9.17) is 4.98 Å². The van der Waals surface area contributed by atoms with Crippen molar-refractivity contribution in [1.82, 2.24) is 9.55 Å². The zero-order valence-electron chi connectivity index (χ0n) is 28.9. The summed E-state index contributed by atoms with van der Waals surface area (Å²) >= 11 is 0. The highest BCUT2D eigenvalue weighted by Crippen LogP contribution is 2.46. The van der Waals surface area contributed by atoms with Gasteiger partial charge in [0, 0.05) is 44.9 Å². The van der Waals surface area contributed by atoms with Crippen molar-refractivity contribution in [2.75, 3.05) is 16.5 Å². The predicted molar refractivity (Wildman–Crippen MR) is 209 cm³/mol. The number of rotatable bonds is 7. The van der Waals surface area contributed by atoms with Gasteiger partial charge < -0.3 is 9.80 Å². The van der Waals surface area contributed by atoms with Gasteiger partial charge in [0.05, 0.1) is 22.4 Å². The van der Waals surface area contributed by atoms with Gasteiger partial charge in [-0.05, 0) is 71.8 Å². The third-order valence-corrected chi connectivity index (χ3v) is 10.6. The standard InChI is InChI=1S/C46H36F2N4/c1-45(2,32-14-5-3-6-15-32)33-26-27-49-44(30-33)52-40-21-10-9-20-38(40)39-25-24-35(29-43(39)52)46(47,48)34-16-13-19-37(28-34)51-31-50(36-17-7-4-8-18-36)41-22-11-12-23-42(41)51/h3-30H,31H2,1-2H3. The number of anilines is 4. The highest BCUT2D eigenvalue weighted by atomic mass is 19.3. The van der Waals surface area contributed by atoms with Crippen LogP contribution in [0.2, 0.25) is 0 Å². The molecule has 0 radical (unpaired) electrons. The van der Waals surface area contributed by atoms with Crippen molar-refractivity contribution in [3.8, 4) is 5.82 Å². The van der Waals surface area contributed by atoms with Crippen molar-refractivity contribution in [3.63, 3.8) is 0 Å². The molecule has 8 aromatic rings. The van der Waals surface area contributed by atoms with Gasteiger partial charge in [0.15, 0.2) is 0 Å². The fourth-order valence-corrected chi connectivity index (χ4v) is 7.66. The molecule has 0 aliphatic carbocycles. The Labute approximate surface area is 301 Å². The van der Waals surface area contributed by atoms with E-state index in [2.05, 4.69) is 60.0 Å². The zero-order valence-corrected chi connectivity index (χ0v) is 28.9. The SMILES string of the molecule is CC(C)(c1ccccc1)c1ccnc(-n2c3ccccc3c3ccc(C(F)(F)c4cccc(N5CN(c6ccccc6)c6ccccc65)c4)cc32)c1. The molecule has 0 spiro atoms. The first-order chi connectivity index (χ1) is 25.3. The summed E-state index contributed by atoms with van der Waals surface area (Å²) in [6.45, 7) is 4.90. The Bertz CT molecular complexity index is 2580. The van der Waals surface area contributed by atoms with Crippen molar-refractivity contribution >= 4 is 44.6 Å². The molecule has 6 aromatic carbocycles. The first kappa shape index (κ1) is 31.7. The third kappa shape index (κ3) is 5.13. The number of para-hydroxylation sites is 4. The monoisotopic (exact) mass is 682 g/mol. The number of pyridine rings is 1. The molecular formula is C46H36F2N4. The summed E-state index contributed by atoms with van der Waals surface area (Å²) in [5, 5.41) is 1.88. The number of aromatic nitrogens is 2. The summed E-state index contributed by atoms with van der Waals surface area (Å²) in [4.78, 5) is 9.11. The van der Waals surface area contributed by atoms with Crippen LogP contribution in [0.1, 0.15) is 36.1 Å². The van der Waals surface area contributed by atoms with E-state index in [0.29, 0.717) is 23.7 Å². The van der Waals surface area contributed by atoms with Gasteiger partial charge in [-0.1, -0.05) is 117 Å². The number of hydrogen-bond donors (Lipinski definition) is 0. The topological polar surface area (TPSA) is 24.3 Å². The molecule has 2 aromatic heterocycles. The van der Waals surface area contributed by atoms with Gasteiger partial charge in [-0.15, -0.1) is 0 Å². The first-order valence-corrected chi connectivity index (χ1v) is 17.5. The van der Waals surface area contributed by atoms with Gasteiger partial charge in [0.25, 0.3) is 5.92 Å². The lowest BCUT2D eigenvalue weighted by atomic mass is 9.78. The minimum absolute atomic E-state index is 0.0626. The normalized spacial score (nSPS) is 13.2. The van der Waals surface area contributed by atoms with E-state index in [1.165, 1.54) is 11.6 Å². The van der Waals surface area contributed by atoms with Gasteiger partial charge in [0.1, 0.15) is 12.5 Å². The predicted octanol–water partition coefficient (Wildman–Crippen LogP) is 11.9. The Kier molecular flexibility index (Phi) is 7.44. The van der Waals surface area contributed by atoms with Gasteiger partial charge in [-0.2, -0.15) is 8.78 Å². The molecule has 1 aliphatic rings. The molecule has 0 bridgehead atoms. The first-order valence-electron chi connectivity index (χ1n) is 17.5. The van der Waals surface area contributed by atoms with E-state index in [0.717, 1.165) is 38.9 Å². The second-order valence-corrected chi connectivity index (χ2v) is 13.9. The molecule has 0 atom stereocenters. The van der Waals surface area contributed by atoms with Gasteiger partial charge >= 0.3 is 0 Å². The molecule has 0 amide bonds. The Morgan fingerprint density at radius 3 is 1.87 bits per heavy atom. The van der Waals surface area contributed by atoms with Crippen LogP contribution in [0.15, 0.2) is 170 Å². The fraction of sp³-hybridized carbons (Fsp3) is 0.109.